The van der Waals surface area contributed by atoms with Crippen LogP contribution in [-0.2, 0) is 0 Å². The van der Waals surface area contributed by atoms with E-state index in [9.17, 15) is 13.2 Å². The van der Waals surface area contributed by atoms with Gasteiger partial charge in [-0.05, 0) is 24.3 Å². The monoisotopic (exact) mass is 338 g/mol. The molecule has 0 atom stereocenters. The van der Waals surface area contributed by atoms with Crippen molar-refractivity contribution in [3.63, 3.8) is 0 Å². The van der Waals surface area contributed by atoms with Gasteiger partial charge in [-0.3, -0.25) is 0 Å². The predicted molar refractivity (Wildman–Crippen MR) is 81.3 cm³/mol. The third kappa shape index (κ3) is 3.22. The molecule has 1 N–H and O–H groups in total. The fraction of sp³-hybridized carbons (Fsp3) is 0.188. The van der Waals surface area contributed by atoms with Gasteiger partial charge in [0.05, 0.1) is 30.8 Å². The summed E-state index contributed by atoms with van der Waals surface area (Å²) in [5, 5.41) is 0. The summed E-state index contributed by atoms with van der Waals surface area (Å²) in [7, 11) is 3.05. The number of H-pyrrole nitrogens is 1. The van der Waals surface area contributed by atoms with Crippen LogP contribution in [0.25, 0.3) is 22.4 Å². The average molecular weight is 338 g/mol. The number of halogens is 3. The van der Waals surface area contributed by atoms with Gasteiger partial charge in [0.2, 0.25) is 0 Å². The summed E-state index contributed by atoms with van der Waals surface area (Å²) in [6.45, 7) is 0. The van der Waals surface area contributed by atoms with Crippen LogP contribution >= 0.6 is 0 Å². The molecule has 0 spiro atoms. The Kier molecular flexibility index (Phi) is 3.96. The van der Waals surface area contributed by atoms with Gasteiger partial charge in [-0.15, -0.1) is 13.2 Å². The maximum Gasteiger partial charge on any atom is 0.573 e. The quantitative estimate of drug-likeness (QED) is 0.777. The van der Waals surface area contributed by atoms with Crippen molar-refractivity contribution in [2.75, 3.05) is 14.2 Å². The van der Waals surface area contributed by atoms with E-state index in [0.717, 1.165) is 0 Å². The second-order valence-electron chi connectivity index (χ2n) is 4.88. The molecule has 0 radical (unpaired) electrons. The SMILES string of the molecule is COc1ccc(-c2nc3cc(OC(F)(F)F)ccc3[nH]2)c(OC)c1. The third-order valence-electron chi connectivity index (χ3n) is 3.35. The maximum absolute atomic E-state index is 12.3. The highest BCUT2D eigenvalue weighted by molar-refractivity contribution is 5.82. The molecule has 3 rings (SSSR count). The van der Waals surface area contributed by atoms with Gasteiger partial charge in [-0.2, -0.15) is 0 Å². The predicted octanol–water partition coefficient (Wildman–Crippen LogP) is 4.15. The zero-order valence-corrected chi connectivity index (χ0v) is 12.8. The van der Waals surface area contributed by atoms with Crippen LogP contribution in [0, 0.1) is 0 Å². The van der Waals surface area contributed by atoms with Gasteiger partial charge in [0, 0.05) is 12.1 Å². The Labute approximate surface area is 135 Å². The molecule has 0 saturated heterocycles. The molecule has 0 unspecified atom stereocenters. The number of imidazole rings is 1. The Morgan fingerprint density at radius 2 is 1.71 bits per heavy atom. The molecule has 8 heteroatoms. The van der Waals surface area contributed by atoms with E-state index in [1.165, 1.54) is 32.4 Å². The van der Waals surface area contributed by atoms with Gasteiger partial charge in [0.1, 0.15) is 23.1 Å². The van der Waals surface area contributed by atoms with Crippen molar-refractivity contribution in [2.45, 2.75) is 6.36 Å². The molecule has 0 aliphatic carbocycles. The lowest BCUT2D eigenvalue weighted by Gasteiger charge is -2.08. The molecule has 1 aromatic heterocycles. The summed E-state index contributed by atoms with van der Waals surface area (Å²) in [6.07, 6.45) is -4.74. The molecular formula is C16H13F3N2O3. The fourth-order valence-electron chi connectivity index (χ4n) is 2.30. The first-order valence-electron chi connectivity index (χ1n) is 6.87. The molecule has 0 amide bonds. The van der Waals surface area contributed by atoms with Gasteiger partial charge in [-0.1, -0.05) is 0 Å². The van der Waals surface area contributed by atoms with Crippen molar-refractivity contribution < 1.29 is 27.4 Å². The number of hydrogen-bond acceptors (Lipinski definition) is 4. The van der Waals surface area contributed by atoms with Crippen LogP contribution in [0.15, 0.2) is 36.4 Å². The minimum absolute atomic E-state index is 0.324. The number of aromatic nitrogens is 2. The Bertz CT molecular complexity index is 875. The van der Waals surface area contributed by atoms with E-state index in [1.807, 2.05) is 0 Å². The highest BCUT2D eigenvalue weighted by atomic mass is 19.4. The molecule has 2 aromatic carbocycles. The standard InChI is InChI=1S/C16H13F3N2O3/c1-22-9-3-5-11(14(8-9)23-2)15-20-12-6-4-10(7-13(12)21-15)24-16(17,18)19/h3-8H,1-2H3,(H,20,21). The number of rotatable bonds is 4. The third-order valence-corrected chi connectivity index (χ3v) is 3.35. The highest BCUT2D eigenvalue weighted by Gasteiger charge is 2.31. The smallest absolute Gasteiger partial charge is 0.497 e. The van der Waals surface area contributed by atoms with Crippen LogP contribution in [-0.4, -0.2) is 30.5 Å². The summed E-state index contributed by atoms with van der Waals surface area (Å²) >= 11 is 0. The fourth-order valence-corrected chi connectivity index (χ4v) is 2.30. The number of nitrogens with zero attached hydrogens (tertiary/aromatic N) is 1. The Morgan fingerprint density at radius 3 is 2.38 bits per heavy atom. The van der Waals surface area contributed by atoms with E-state index < -0.39 is 6.36 Å². The van der Waals surface area contributed by atoms with Crippen LogP contribution in [0.1, 0.15) is 0 Å². The lowest BCUT2D eigenvalue weighted by Crippen LogP contribution is -2.16. The number of fused-ring (bicyclic) bond motifs is 1. The first-order chi connectivity index (χ1) is 11.4. The van der Waals surface area contributed by atoms with E-state index in [0.29, 0.717) is 33.9 Å². The lowest BCUT2D eigenvalue weighted by molar-refractivity contribution is -0.274. The van der Waals surface area contributed by atoms with Crippen LogP contribution in [0.5, 0.6) is 17.2 Å². The number of ether oxygens (including phenoxy) is 3. The molecule has 0 fully saturated rings. The minimum Gasteiger partial charge on any atom is -0.497 e. The van der Waals surface area contributed by atoms with Crippen molar-refractivity contribution >= 4 is 11.0 Å². The molecule has 0 saturated carbocycles. The van der Waals surface area contributed by atoms with Crippen molar-refractivity contribution in [3.8, 4) is 28.6 Å². The Morgan fingerprint density at radius 1 is 0.958 bits per heavy atom. The molecule has 5 nitrogen and oxygen atoms in total. The van der Waals surface area contributed by atoms with Crippen LogP contribution < -0.4 is 14.2 Å². The molecule has 0 aliphatic rings. The molecule has 24 heavy (non-hydrogen) atoms. The maximum atomic E-state index is 12.3. The highest BCUT2D eigenvalue weighted by Crippen LogP contribution is 2.33. The summed E-state index contributed by atoms with van der Waals surface area (Å²) in [4.78, 5) is 7.36. The molecule has 1 heterocycles. The Balaban J connectivity index is 2.02. The lowest BCUT2D eigenvalue weighted by atomic mass is 10.2. The number of methoxy groups -OCH3 is 2. The van der Waals surface area contributed by atoms with Crippen molar-refractivity contribution in [1.82, 2.24) is 9.97 Å². The topological polar surface area (TPSA) is 56.4 Å². The van der Waals surface area contributed by atoms with Crippen LogP contribution in [0.4, 0.5) is 13.2 Å². The Hall–Kier alpha value is -2.90. The van der Waals surface area contributed by atoms with E-state index in [4.69, 9.17) is 9.47 Å². The van der Waals surface area contributed by atoms with Gasteiger partial charge in [0.25, 0.3) is 0 Å². The van der Waals surface area contributed by atoms with Crippen LogP contribution in [0.3, 0.4) is 0 Å². The second-order valence-corrected chi connectivity index (χ2v) is 4.88. The molecule has 126 valence electrons. The van der Waals surface area contributed by atoms with Gasteiger partial charge in [0.15, 0.2) is 0 Å². The van der Waals surface area contributed by atoms with Crippen LogP contribution in [0.2, 0.25) is 0 Å². The van der Waals surface area contributed by atoms with Gasteiger partial charge in [-0.25, -0.2) is 4.98 Å². The summed E-state index contributed by atoms with van der Waals surface area (Å²) in [5.74, 6) is 1.29. The number of benzene rings is 2. The number of hydrogen-bond donors (Lipinski definition) is 1. The van der Waals surface area contributed by atoms with E-state index >= 15 is 0 Å². The van der Waals surface area contributed by atoms with Crippen molar-refractivity contribution in [1.29, 1.82) is 0 Å². The van der Waals surface area contributed by atoms with E-state index in [1.54, 1.807) is 18.2 Å². The number of alkyl halides is 3. The first-order valence-corrected chi connectivity index (χ1v) is 6.87. The molecule has 0 bridgehead atoms. The minimum atomic E-state index is -4.74. The summed E-state index contributed by atoms with van der Waals surface area (Å²) < 4.78 is 51.3. The average Bonchev–Trinajstić information content (AvgIpc) is 2.95. The summed E-state index contributed by atoms with van der Waals surface area (Å²) in [6, 6.07) is 9.11. The zero-order valence-electron chi connectivity index (χ0n) is 12.8. The largest absolute Gasteiger partial charge is 0.573 e. The van der Waals surface area contributed by atoms with E-state index in [2.05, 4.69) is 14.7 Å². The van der Waals surface area contributed by atoms with Crippen molar-refractivity contribution in [3.05, 3.63) is 36.4 Å². The summed E-state index contributed by atoms with van der Waals surface area (Å²) in [5.41, 5.74) is 1.59. The molecular weight excluding hydrogens is 325 g/mol. The normalized spacial score (nSPS) is 11.5. The molecule has 3 aromatic rings. The van der Waals surface area contributed by atoms with Gasteiger partial charge < -0.3 is 19.2 Å². The number of aromatic amines is 1. The molecule has 0 aliphatic heterocycles. The number of nitrogens with one attached hydrogen (secondary N) is 1. The zero-order chi connectivity index (χ0) is 17.3. The van der Waals surface area contributed by atoms with Gasteiger partial charge >= 0.3 is 6.36 Å². The second kappa shape index (κ2) is 5.95. The first kappa shape index (κ1) is 16.0. The van der Waals surface area contributed by atoms with Crippen molar-refractivity contribution in [2.24, 2.45) is 0 Å². The van der Waals surface area contributed by atoms with E-state index in [-0.39, 0.29) is 5.75 Å².